The quantitative estimate of drug-likeness (QED) is 0.842. The number of carbonyl (C=O) groups excluding carboxylic acids is 1. The predicted molar refractivity (Wildman–Crippen MR) is 82.4 cm³/mol. The molecule has 0 spiro atoms. The van der Waals surface area contributed by atoms with Crippen LogP contribution < -0.4 is 4.90 Å². The SMILES string of the molecule is CC[C@@H](C(=O)N1CCN(c2ncccn2)CC1)n1cccn1. The van der Waals surface area contributed by atoms with E-state index in [1.165, 1.54) is 0 Å². The van der Waals surface area contributed by atoms with Crippen LogP contribution in [0.15, 0.2) is 36.9 Å². The summed E-state index contributed by atoms with van der Waals surface area (Å²) in [6, 6.07) is 3.44. The van der Waals surface area contributed by atoms with Crippen molar-refractivity contribution in [3.8, 4) is 0 Å². The molecule has 22 heavy (non-hydrogen) atoms. The second-order valence-corrected chi connectivity index (χ2v) is 5.27. The Kier molecular flexibility index (Phi) is 4.32. The Hall–Kier alpha value is -2.44. The summed E-state index contributed by atoms with van der Waals surface area (Å²) in [5.41, 5.74) is 0. The van der Waals surface area contributed by atoms with E-state index in [1.807, 2.05) is 24.1 Å². The summed E-state index contributed by atoms with van der Waals surface area (Å²) in [5.74, 6) is 0.869. The number of anilines is 1. The largest absolute Gasteiger partial charge is 0.337 e. The van der Waals surface area contributed by atoms with Gasteiger partial charge >= 0.3 is 0 Å². The van der Waals surface area contributed by atoms with E-state index in [4.69, 9.17) is 0 Å². The molecule has 1 aliphatic heterocycles. The maximum absolute atomic E-state index is 12.7. The van der Waals surface area contributed by atoms with Gasteiger partial charge in [-0.15, -0.1) is 0 Å². The van der Waals surface area contributed by atoms with Crippen LogP contribution in [0.25, 0.3) is 0 Å². The molecule has 1 atom stereocenters. The van der Waals surface area contributed by atoms with Crippen LogP contribution in [0.2, 0.25) is 0 Å². The molecule has 3 heterocycles. The summed E-state index contributed by atoms with van der Waals surface area (Å²) in [6.07, 6.45) is 7.78. The van der Waals surface area contributed by atoms with Crippen molar-refractivity contribution >= 4 is 11.9 Å². The van der Waals surface area contributed by atoms with Gasteiger partial charge in [-0.3, -0.25) is 9.48 Å². The monoisotopic (exact) mass is 300 g/mol. The van der Waals surface area contributed by atoms with Crippen molar-refractivity contribution in [3.63, 3.8) is 0 Å². The van der Waals surface area contributed by atoms with E-state index in [2.05, 4.69) is 20.0 Å². The van der Waals surface area contributed by atoms with Gasteiger partial charge < -0.3 is 9.80 Å². The van der Waals surface area contributed by atoms with Gasteiger partial charge in [-0.25, -0.2) is 9.97 Å². The van der Waals surface area contributed by atoms with Crippen LogP contribution >= 0.6 is 0 Å². The molecule has 7 nitrogen and oxygen atoms in total. The normalized spacial score (nSPS) is 16.6. The summed E-state index contributed by atoms with van der Waals surface area (Å²) in [5, 5.41) is 4.20. The molecule has 1 aliphatic rings. The summed E-state index contributed by atoms with van der Waals surface area (Å²) in [6.45, 7) is 4.90. The van der Waals surface area contributed by atoms with Gasteiger partial charge in [-0.2, -0.15) is 5.10 Å². The molecule has 0 saturated carbocycles. The molecule has 0 N–H and O–H groups in total. The van der Waals surface area contributed by atoms with E-state index in [0.29, 0.717) is 13.1 Å². The van der Waals surface area contributed by atoms with Gasteiger partial charge in [-0.05, 0) is 18.6 Å². The second kappa shape index (κ2) is 6.55. The highest BCUT2D eigenvalue weighted by atomic mass is 16.2. The molecule has 1 amide bonds. The fraction of sp³-hybridized carbons (Fsp3) is 0.467. The number of nitrogens with zero attached hydrogens (tertiary/aromatic N) is 6. The fourth-order valence-corrected chi connectivity index (χ4v) is 2.73. The first kappa shape index (κ1) is 14.5. The number of rotatable bonds is 4. The van der Waals surface area contributed by atoms with Crippen LogP contribution in [0.4, 0.5) is 5.95 Å². The summed E-state index contributed by atoms with van der Waals surface area (Å²) < 4.78 is 1.75. The highest BCUT2D eigenvalue weighted by molar-refractivity contribution is 5.80. The zero-order valence-corrected chi connectivity index (χ0v) is 12.7. The van der Waals surface area contributed by atoms with Crippen LogP contribution in [0, 0.1) is 0 Å². The Morgan fingerprint density at radius 1 is 1.14 bits per heavy atom. The molecule has 7 heteroatoms. The number of amides is 1. The van der Waals surface area contributed by atoms with Crippen LogP contribution in [0.5, 0.6) is 0 Å². The predicted octanol–water partition coefficient (Wildman–Crippen LogP) is 0.973. The number of piperazine rings is 1. The molecule has 3 rings (SSSR count). The van der Waals surface area contributed by atoms with E-state index in [-0.39, 0.29) is 11.9 Å². The summed E-state index contributed by atoms with van der Waals surface area (Å²) in [4.78, 5) is 25.2. The Balaban J connectivity index is 1.62. The topological polar surface area (TPSA) is 67.2 Å². The fourth-order valence-electron chi connectivity index (χ4n) is 2.73. The highest BCUT2D eigenvalue weighted by Gasteiger charge is 2.28. The van der Waals surface area contributed by atoms with E-state index < -0.39 is 0 Å². The zero-order chi connectivity index (χ0) is 15.4. The van der Waals surface area contributed by atoms with Crippen LogP contribution in [0.1, 0.15) is 19.4 Å². The number of carbonyl (C=O) groups is 1. The van der Waals surface area contributed by atoms with E-state index in [9.17, 15) is 4.79 Å². The van der Waals surface area contributed by atoms with Gasteiger partial charge in [0.2, 0.25) is 11.9 Å². The highest BCUT2D eigenvalue weighted by Crippen LogP contribution is 2.17. The second-order valence-electron chi connectivity index (χ2n) is 5.27. The van der Waals surface area contributed by atoms with Crippen molar-refractivity contribution < 1.29 is 4.79 Å². The van der Waals surface area contributed by atoms with Gasteiger partial charge in [0, 0.05) is 51.0 Å². The Labute approximate surface area is 129 Å². The average molecular weight is 300 g/mol. The van der Waals surface area contributed by atoms with Crippen molar-refractivity contribution in [2.75, 3.05) is 31.1 Å². The average Bonchev–Trinajstić information content (AvgIpc) is 3.11. The molecule has 1 fully saturated rings. The third kappa shape index (κ3) is 2.93. The van der Waals surface area contributed by atoms with E-state index in [0.717, 1.165) is 25.5 Å². The maximum atomic E-state index is 12.7. The van der Waals surface area contributed by atoms with E-state index in [1.54, 1.807) is 29.3 Å². The number of aromatic nitrogens is 4. The van der Waals surface area contributed by atoms with Crippen molar-refractivity contribution in [2.45, 2.75) is 19.4 Å². The first-order chi connectivity index (χ1) is 10.8. The minimum absolute atomic E-state index is 0.139. The molecule has 0 radical (unpaired) electrons. The van der Waals surface area contributed by atoms with Gasteiger partial charge in [0.1, 0.15) is 6.04 Å². The molecular formula is C15H20N6O. The smallest absolute Gasteiger partial charge is 0.247 e. The lowest BCUT2D eigenvalue weighted by atomic mass is 10.2. The van der Waals surface area contributed by atoms with Crippen molar-refractivity contribution in [1.29, 1.82) is 0 Å². The third-order valence-electron chi connectivity index (χ3n) is 3.94. The van der Waals surface area contributed by atoms with Crippen molar-refractivity contribution in [1.82, 2.24) is 24.6 Å². The first-order valence-corrected chi connectivity index (χ1v) is 7.59. The molecular weight excluding hydrogens is 280 g/mol. The molecule has 1 saturated heterocycles. The maximum Gasteiger partial charge on any atom is 0.247 e. The lowest BCUT2D eigenvalue weighted by Gasteiger charge is -2.36. The van der Waals surface area contributed by atoms with Crippen LogP contribution in [-0.4, -0.2) is 56.7 Å². The van der Waals surface area contributed by atoms with Crippen molar-refractivity contribution in [3.05, 3.63) is 36.9 Å². The molecule has 0 aliphatic carbocycles. The lowest BCUT2D eigenvalue weighted by molar-refractivity contribution is -0.135. The third-order valence-corrected chi connectivity index (χ3v) is 3.94. The van der Waals surface area contributed by atoms with Gasteiger partial charge in [-0.1, -0.05) is 6.92 Å². The minimum atomic E-state index is -0.213. The van der Waals surface area contributed by atoms with Gasteiger partial charge in [0.25, 0.3) is 0 Å². The number of hydrogen-bond donors (Lipinski definition) is 0. The minimum Gasteiger partial charge on any atom is -0.337 e. The molecule has 0 unspecified atom stereocenters. The molecule has 0 bridgehead atoms. The van der Waals surface area contributed by atoms with Gasteiger partial charge in [0.15, 0.2) is 0 Å². The Morgan fingerprint density at radius 3 is 2.45 bits per heavy atom. The Morgan fingerprint density at radius 2 is 1.86 bits per heavy atom. The van der Waals surface area contributed by atoms with Crippen molar-refractivity contribution in [2.24, 2.45) is 0 Å². The van der Waals surface area contributed by atoms with Gasteiger partial charge in [0.05, 0.1) is 0 Å². The van der Waals surface area contributed by atoms with Crippen LogP contribution in [-0.2, 0) is 4.79 Å². The molecule has 0 aromatic carbocycles. The zero-order valence-electron chi connectivity index (χ0n) is 12.7. The first-order valence-electron chi connectivity index (χ1n) is 7.59. The summed E-state index contributed by atoms with van der Waals surface area (Å²) in [7, 11) is 0. The standard InChI is InChI=1S/C15H20N6O/c1-2-13(21-8-4-7-18-21)14(22)19-9-11-20(12-10-19)15-16-5-3-6-17-15/h3-8,13H,2,9-12H2,1H3/t13-/m0/s1. The molecule has 116 valence electrons. The van der Waals surface area contributed by atoms with Crippen LogP contribution in [0.3, 0.4) is 0 Å². The number of hydrogen-bond acceptors (Lipinski definition) is 5. The molecule has 2 aromatic rings. The summed E-state index contributed by atoms with van der Waals surface area (Å²) >= 11 is 0. The van der Waals surface area contributed by atoms with E-state index >= 15 is 0 Å². The molecule has 2 aromatic heterocycles. The lowest BCUT2D eigenvalue weighted by Crippen LogP contribution is -2.51. The Bertz CT molecular complexity index is 592.